The number of nitrogens with one attached hydrogen (secondary N) is 1. The van der Waals surface area contributed by atoms with Gasteiger partial charge in [0.25, 0.3) is 5.56 Å². The summed E-state index contributed by atoms with van der Waals surface area (Å²) in [4.78, 5) is 37.0. The van der Waals surface area contributed by atoms with Crippen molar-refractivity contribution in [2.75, 3.05) is 42.6 Å². The second kappa shape index (κ2) is 8.02. The molecule has 1 spiro atoms. The summed E-state index contributed by atoms with van der Waals surface area (Å²) in [5.41, 5.74) is 4.38. The van der Waals surface area contributed by atoms with Crippen molar-refractivity contribution in [3.8, 4) is 0 Å². The van der Waals surface area contributed by atoms with Gasteiger partial charge in [0, 0.05) is 36.3 Å². The number of carbonyl (C=O) groups excluding carboxylic acids is 1. The molecule has 0 bridgehead atoms. The lowest BCUT2D eigenvalue weighted by molar-refractivity contribution is -0.141. The molecule has 3 aliphatic rings. The third-order valence-corrected chi connectivity index (χ3v) is 7.13. The van der Waals surface area contributed by atoms with E-state index in [9.17, 15) is 9.59 Å². The number of rotatable bonds is 4. The van der Waals surface area contributed by atoms with Gasteiger partial charge in [0.2, 0.25) is 5.95 Å². The zero-order chi connectivity index (χ0) is 21.4. The molecule has 3 heterocycles. The third kappa shape index (κ3) is 3.60. The monoisotopic (exact) mass is 422 g/mol. The SMILES string of the molecule is CCOC(=O)CN1CC2(CCN(c3nc4c(c(=O)[nH]3)CCCC4)CC2)c2ccccc21. The standard InChI is InChI=1S/C24H30N4O3/c1-2-31-21(29)15-28-16-24(18-8-4-6-10-20(18)28)11-13-27(14-12-24)23-25-19-9-5-3-7-17(19)22(30)26-23/h4,6,8,10H,2-3,5,7,9,11-16H2,1H3,(H,25,26,30). The maximum absolute atomic E-state index is 12.6. The summed E-state index contributed by atoms with van der Waals surface area (Å²) in [6, 6.07) is 8.43. The van der Waals surface area contributed by atoms with Crippen molar-refractivity contribution in [2.24, 2.45) is 0 Å². The van der Waals surface area contributed by atoms with Crippen molar-refractivity contribution >= 4 is 17.6 Å². The Morgan fingerprint density at radius 3 is 2.77 bits per heavy atom. The van der Waals surface area contributed by atoms with E-state index in [1.807, 2.05) is 13.0 Å². The molecule has 31 heavy (non-hydrogen) atoms. The highest BCUT2D eigenvalue weighted by molar-refractivity contribution is 5.78. The maximum atomic E-state index is 12.6. The first-order chi connectivity index (χ1) is 15.1. The highest BCUT2D eigenvalue weighted by atomic mass is 16.5. The highest BCUT2D eigenvalue weighted by Crippen LogP contribution is 2.47. The molecule has 0 radical (unpaired) electrons. The summed E-state index contributed by atoms with van der Waals surface area (Å²) >= 11 is 0. The highest BCUT2D eigenvalue weighted by Gasteiger charge is 2.45. The molecular formula is C24H30N4O3. The Balaban J connectivity index is 1.35. The average Bonchev–Trinajstić information content (AvgIpc) is 3.07. The van der Waals surface area contributed by atoms with Gasteiger partial charge >= 0.3 is 5.97 Å². The van der Waals surface area contributed by atoms with Crippen LogP contribution in [0.3, 0.4) is 0 Å². The van der Waals surface area contributed by atoms with Gasteiger partial charge in [-0.25, -0.2) is 4.98 Å². The first-order valence-electron chi connectivity index (χ1n) is 11.5. The molecule has 1 aromatic heterocycles. The number of ether oxygens (including phenoxy) is 1. The quantitative estimate of drug-likeness (QED) is 0.763. The minimum atomic E-state index is -0.178. The van der Waals surface area contributed by atoms with E-state index >= 15 is 0 Å². The van der Waals surface area contributed by atoms with E-state index in [0.717, 1.165) is 81.1 Å². The van der Waals surface area contributed by atoms with Gasteiger partial charge in [-0.1, -0.05) is 18.2 Å². The van der Waals surface area contributed by atoms with Crippen molar-refractivity contribution < 1.29 is 9.53 Å². The van der Waals surface area contributed by atoms with Crippen molar-refractivity contribution in [1.29, 1.82) is 0 Å². The van der Waals surface area contributed by atoms with Crippen LogP contribution in [0.15, 0.2) is 29.1 Å². The minimum Gasteiger partial charge on any atom is -0.465 e. The van der Waals surface area contributed by atoms with Crippen LogP contribution in [0.25, 0.3) is 0 Å². The predicted octanol–water partition coefficient (Wildman–Crippen LogP) is 2.57. The van der Waals surface area contributed by atoms with E-state index in [0.29, 0.717) is 6.61 Å². The van der Waals surface area contributed by atoms with Crippen LogP contribution in [-0.4, -0.2) is 48.7 Å². The van der Waals surface area contributed by atoms with Crippen LogP contribution in [0, 0.1) is 0 Å². The van der Waals surface area contributed by atoms with E-state index in [4.69, 9.17) is 9.72 Å². The number of anilines is 2. The summed E-state index contributed by atoms with van der Waals surface area (Å²) in [6.07, 6.45) is 5.85. The van der Waals surface area contributed by atoms with E-state index in [-0.39, 0.29) is 23.5 Å². The van der Waals surface area contributed by atoms with Crippen molar-refractivity contribution in [2.45, 2.75) is 50.9 Å². The molecule has 1 N–H and O–H groups in total. The van der Waals surface area contributed by atoms with E-state index in [1.165, 1.54) is 5.56 Å². The van der Waals surface area contributed by atoms with Gasteiger partial charge in [0.05, 0.1) is 12.3 Å². The van der Waals surface area contributed by atoms with E-state index in [2.05, 4.69) is 33.0 Å². The van der Waals surface area contributed by atoms with Gasteiger partial charge in [0.15, 0.2) is 0 Å². The average molecular weight is 423 g/mol. The molecule has 0 atom stereocenters. The predicted molar refractivity (Wildman–Crippen MR) is 120 cm³/mol. The fourth-order valence-electron chi connectivity index (χ4n) is 5.55. The molecule has 1 fully saturated rings. The number of aryl methyl sites for hydroxylation is 1. The summed E-state index contributed by atoms with van der Waals surface area (Å²) in [7, 11) is 0. The number of carbonyl (C=O) groups is 1. The van der Waals surface area contributed by atoms with Crippen molar-refractivity contribution in [3.63, 3.8) is 0 Å². The Morgan fingerprint density at radius 1 is 1.19 bits per heavy atom. The topological polar surface area (TPSA) is 78.5 Å². The second-order valence-corrected chi connectivity index (χ2v) is 8.97. The summed E-state index contributed by atoms with van der Waals surface area (Å²) in [5.74, 6) is 0.540. The van der Waals surface area contributed by atoms with E-state index < -0.39 is 0 Å². The van der Waals surface area contributed by atoms with Crippen molar-refractivity contribution in [3.05, 3.63) is 51.4 Å². The lowest BCUT2D eigenvalue weighted by Gasteiger charge is -2.40. The van der Waals surface area contributed by atoms with Crippen molar-refractivity contribution in [1.82, 2.24) is 9.97 Å². The number of hydrogen-bond acceptors (Lipinski definition) is 6. The molecule has 164 valence electrons. The molecule has 1 aliphatic carbocycles. The largest absolute Gasteiger partial charge is 0.465 e. The maximum Gasteiger partial charge on any atom is 0.325 e. The number of H-pyrrole nitrogens is 1. The molecule has 7 nitrogen and oxygen atoms in total. The zero-order valence-corrected chi connectivity index (χ0v) is 18.2. The number of hydrogen-bond donors (Lipinski definition) is 1. The van der Waals surface area contributed by atoms with Gasteiger partial charge in [0.1, 0.15) is 6.54 Å². The van der Waals surface area contributed by atoms with Gasteiger partial charge in [-0.05, 0) is 57.1 Å². The van der Waals surface area contributed by atoms with Crippen LogP contribution in [0.1, 0.15) is 49.4 Å². The number of fused-ring (bicyclic) bond motifs is 3. The molecule has 2 aliphatic heterocycles. The summed E-state index contributed by atoms with van der Waals surface area (Å²) in [6.45, 7) is 5.03. The van der Waals surface area contributed by atoms with Crippen LogP contribution in [0.5, 0.6) is 0 Å². The molecule has 5 rings (SSSR count). The van der Waals surface area contributed by atoms with Gasteiger partial charge in [-0.3, -0.25) is 14.6 Å². The second-order valence-electron chi connectivity index (χ2n) is 8.97. The fraction of sp³-hybridized carbons (Fsp3) is 0.542. The first-order valence-corrected chi connectivity index (χ1v) is 11.5. The van der Waals surface area contributed by atoms with Crippen LogP contribution in [-0.2, 0) is 27.8 Å². The number of aromatic nitrogens is 2. The lowest BCUT2D eigenvalue weighted by atomic mass is 9.74. The Bertz CT molecular complexity index is 1040. The number of aromatic amines is 1. The first kappa shape index (κ1) is 20.1. The molecule has 0 saturated carbocycles. The van der Waals surface area contributed by atoms with E-state index in [1.54, 1.807) is 0 Å². The molecule has 1 aromatic carbocycles. The zero-order valence-electron chi connectivity index (χ0n) is 18.2. The van der Waals surface area contributed by atoms with Gasteiger partial charge in [-0.15, -0.1) is 0 Å². The molecule has 7 heteroatoms. The Hall–Kier alpha value is -2.83. The lowest BCUT2D eigenvalue weighted by Crippen LogP contribution is -2.46. The Morgan fingerprint density at radius 2 is 1.97 bits per heavy atom. The summed E-state index contributed by atoms with van der Waals surface area (Å²) < 4.78 is 5.20. The van der Waals surface area contributed by atoms with Crippen LogP contribution in [0.4, 0.5) is 11.6 Å². The molecule has 0 amide bonds. The number of benzene rings is 1. The minimum absolute atomic E-state index is 0.0219. The third-order valence-electron chi connectivity index (χ3n) is 7.13. The van der Waals surface area contributed by atoms with Gasteiger partial charge in [-0.2, -0.15) is 0 Å². The molecule has 1 saturated heterocycles. The van der Waals surface area contributed by atoms with Crippen LogP contribution in [0.2, 0.25) is 0 Å². The molecule has 2 aromatic rings. The Kier molecular flexibility index (Phi) is 5.20. The van der Waals surface area contributed by atoms with Gasteiger partial charge < -0.3 is 14.5 Å². The summed E-state index contributed by atoms with van der Waals surface area (Å²) in [5, 5.41) is 0. The smallest absolute Gasteiger partial charge is 0.325 e. The number of para-hydroxylation sites is 1. The van der Waals surface area contributed by atoms with Crippen LogP contribution < -0.4 is 15.4 Å². The fourth-order valence-corrected chi connectivity index (χ4v) is 5.55. The van der Waals surface area contributed by atoms with Crippen LogP contribution >= 0.6 is 0 Å². The Labute approximate surface area is 182 Å². The molecule has 0 unspecified atom stereocenters. The number of nitrogens with zero attached hydrogens (tertiary/aromatic N) is 3. The number of esters is 1. The normalized spacial score (nSPS) is 19.3. The molecular weight excluding hydrogens is 392 g/mol. The number of piperidine rings is 1.